The molecule has 8 nitrogen and oxygen atoms in total. The zero-order valence-corrected chi connectivity index (χ0v) is 18.8. The van der Waals surface area contributed by atoms with Crippen LogP contribution in [0.4, 0.5) is 17.5 Å². The summed E-state index contributed by atoms with van der Waals surface area (Å²) in [5.41, 5.74) is 6.97. The average molecular weight is 441 g/mol. The van der Waals surface area contributed by atoms with Crippen LogP contribution in [0.15, 0.2) is 47.7 Å². The van der Waals surface area contributed by atoms with Crippen LogP contribution >= 0.6 is 0 Å². The number of nitrogens with zero attached hydrogens (tertiary/aromatic N) is 6. The van der Waals surface area contributed by atoms with Gasteiger partial charge in [-0.15, -0.1) is 5.10 Å². The normalized spacial score (nSPS) is 20.4. The standard InChI is InChI=1S/C25H28N8/c1-17-12-19(14-27-17)22-13-21-16-29-25(31-33(21)24(22)18-4-2-3-5-18)30-23-7-6-20(15-28-23)32-10-8-26-9-11-32/h4,6-7,12-17,26H,2-3,5,8-11H2,1H3,(H,28,30,31). The number of pyridine rings is 1. The van der Waals surface area contributed by atoms with Crippen molar-refractivity contribution in [3.05, 3.63) is 54.0 Å². The fourth-order valence-electron chi connectivity index (χ4n) is 4.83. The molecule has 0 radical (unpaired) electrons. The van der Waals surface area contributed by atoms with Crippen LogP contribution in [0.2, 0.25) is 0 Å². The predicted molar refractivity (Wildman–Crippen MR) is 133 cm³/mol. The van der Waals surface area contributed by atoms with E-state index in [1.54, 1.807) is 0 Å². The summed E-state index contributed by atoms with van der Waals surface area (Å²) in [6.07, 6.45) is 13.7. The third kappa shape index (κ3) is 3.91. The van der Waals surface area contributed by atoms with Crippen LogP contribution in [0, 0.1) is 0 Å². The molecular formula is C25H28N8. The lowest BCUT2D eigenvalue weighted by Gasteiger charge is -2.29. The van der Waals surface area contributed by atoms with E-state index >= 15 is 0 Å². The summed E-state index contributed by atoms with van der Waals surface area (Å²) in [6.45, 7) is 6.13. The molecular weight excluding hydrogens is 412 g/mol. The number of rotatable bonds is 5. The van der Waals surface area contributed by atoms with Crippen LogP contribution in [0.5, 0.6) is 0 Å². The molecule has 3 aliphatic rings. The predicted octanol–water partition coefficient (Wildman–Crippen LogP) is 3.70. The molecule has 5 heterocycles. The Hall–Kier alpha value is -3.52. The number of nitrogens with one attached hydrogen (secondary N) is 2. The van der Waals surface area contributed by atoms with Crippen LogP contribution in [0.25, 0.3) is 16.7 Å². The minimum absolute atomic E-state index is 0.215. The molecule has 0 amide bonds. The van der Waals surface area contributed by atoms with E-state index in [2.05, 4.69) is 61.7 Å². The quantitative estimate of drug-likeness (QED) is 0.630. The van der Waals surface area contributed by atoms with E-state index in [4.69, 9.17) is 5.10 Å². The molecule has 3 aromatic heterocycles. The Morgan fingerprint density at radius 1 is 1.12 bits per heavy atom. The minimum Gasteiger partial charge on any atom is -0.368 e. The lowest BCUT2D eigenvalue weighted by atomic mass is 10.0. The largest absolute Gasteiger partial charge is 0.368 e. The van der Waals surface area contributed by atoms with E-state index in [9.17, 15) is 0 Å². The second kappa shape index (κ2) is 8.44. The number of fused-ring (bicyclic) bond motifs is 1. The highest BCUT2D eigenvalue weighted by Gasteiger charge is 2.22. The van der Waals surface area contributed by atoms with Gasteiger partial charge in [0.2, 0.25) is 5.95 Å². The second-order valence-electron chi connectivity index (χ2n) is 8.85. The molecule has 3 aromatic rings. The van der Waals surface area contributed by atoms with Crippen molar-refractivity contribution >= 4 is 40.3 Å². The van der Waals surface area contributed by atoms with Crippen molar-refractivity contribution in [2.45, 2.75) is 32.2 Å². The molecule has 0 aromatic carbocycles. The monoisotopic (exact) mass is 440 g/mol. The summed E-state index contributed by atoms with van der Waals surface area (Å²) < 4.78 is 2.02. The summed E-state index contributed by atoms with van der Waals surface area (Å²) in [4.78, 5) is 16.1. The van der Waals surface area contributed by atoms with Crippen LogP contribution in [-0.4, -0.2) is 58.0 Å². The maximum Gasteiger partial charge on any atom is 0.246 e. The van der Waals surface area contributed by atoms with E-state index in [0.29, 0.717) is 5.95 Å². The van der Waals surface area contributed by atoms with Crippen molar-refractivity contribution in [3.63, 3.8) is 0 Å². The van der Waals surface area contributed by atoms with E-state index in [1.807, 2.05) is 29.2 Å². The first kappa shape index (κ1) is 20.1. The lowest BCUT2D eigenvalue weighted by molar-refractivity contribution is 0.589. The van der Waals surface area contributed by atoms with Crippen molar-refractivity contribution in [3.8, 4) is 0 Å². The maximum atomic E-state index is 4.86. The van der Waals surface area contributed by atoms with Gasteiger partial charge in [0, 0.05) is 38.0 Å². The van der Waals surface area contributed by atoms with Crippen molar-refractivity contribution in [2.24, 2.45) is 4.99 Å². The highest BCUT2D eigenvalue weighted by atomic mass is 15.3. The van der Waals surface area contributed by atoms with E-state index in [1.165, 1.54) is 17.6 Å². The number of anilines is 3. The van der Waals surface area contributed by atoms with Crippen molar-refractivity contribution < 1.29 is 0 Å². The molecule has 0 spiro atoms. The van der Waals surface area contributed by atoms with Gasteiger partial charge in [-0.2, -0.15) is 0 Å². The van der Waals surface area contributed by atoms with Gasteiger partial charge in [0.25, 0.3) is 0 Å². The van der Waals surface area contributed by atoms with E-state index in [0.717, 1.165) is 67.3 Å². The van der Waals surface area contributed by atoms with Gasteiger partial charge in [0.1, 0.15) is 5.82 Å². The first-order chi connectivity index (χ1) is 16.2. The zero-order valence-electron chi connectivity index (χ0n) is 18.8. The Labute approximate surface area is 193 Å². The summed E-state index contributed by atoms with van der Waals surface area (Å²) in [7, 11) is 0. The highest BCUT2D eigenvalue weighted by Crippen LogP contribution is 2.35. The van der Waals surface area contributed by atoms with Crippen molar-refractivity contribution in [1.82, 2.24) is 24.9 Å². The fourth-order valence-corrected chi connectivity index (χ4v) is 4.83. The van der Waals surface area contributed by atoms with Gasteiger partial charge < -0.3 is 15.5 Å². The first-order valence-electron chi connectivity index (χ1n) is 11.8. The van der Waals surface area contributed by atoms with E-state index in [-0.39, 0.29) is 6.04 Å². The Morgan fingerprint density at radius 2 is 2.03 bits per heavy atom. The molecule has 1 saturated heterocycles. The summed E-state index contributed by atoms with van der Waals surface area (Å²) in [5, 5.41) is 11.5. The van der Waals surface area contributed by atoms with E-state index < -0.39 is 0 Å². The maximum absolute atomic E-state index is 4.86. The van der Waals surface area contributed by atoms with Gasteiger partial charge >= 0.3 is 0 Å². The van der Waals surface area contributed by atoms with Gasteiger partial charge in [-0.25, -0.2) is 14.5 Å². The lowest BCUT2D eigenvalue weighted by Crippen LogP contribution is -2.43. The third-order valence-electron chi connectivity index (χ3n) is 6.51. The molecule has 2 N–H and O–H groups in total. The summed E-state index contributed by atoms with van der Waals surface area (Å²) in [5.74, 6) is 1.27. The van der Waals surface area contributed by atoms with Gasteiger partial charge in [0.05, 0.1) is 35.3 Å². The molecule has 1 fully saturated rings. The molecule has 33 heavy (non-hydrogen) atoms. The first-order valence-corrected chi connectivity index (χ1v) is 11.8. The Balaban J connectivity index is 1.32. The zero-order chi connectivity index (χ0) is 22.2. The average Bonchev–Trinajstić information content (AvgIpc) is 3.59. The summed E-state index contributed by atoms with van der Waals surface area (Å²) >= 11 is 0. The van der Waals surface area contributed by atoms with Gasteiger partial charge in [-0.05, 0) is 55.5 Å². The Bertz CT molecular complexity index is 1260. The van der Waals surface area contributed by atoms with Crippen LogP contribution in [-0.2, 0) is 0 Å². The van der Waals surface area contributed by atoms with Gasteiger partial charge in [-0.3, -0.25) is 4.99 Å². The van der Waals surface area contributed by atoms with Crippen LogP contribution < -0.4 is 15.5 Å². The van der Waals surface area contributed by atoms with Crippen LogP contribution in [0.3, 0.4) is 0 Å². The number of hydrogen-bond donors (Lipinski definition) is 2. The molecule has 1 atom stereocenters. The third-order valence-corrected chi connectivity index (χ3v) is 6.51. The molecule has 2 aliphatic heterocycles. The topological polar surface area (TPSA) is 82.7 Å². The number of hydrogen-bond acceptors (Lipinski definition) is 7. The molecule has 1 aliphatic carbocycles. The number of allylic oxidation sites excluding steroid dienone is 3. The smallest absolute Gasteiger partial charge is 0.246 e. The Morgan fingerprint density at radius 3 is 2.76 bits per heavy atom. The number of aromatic nitrogens is 4. The van der Waals surface area contributed by atoms with Crippen molar-refractivity contribution in [1.29, 1.82) is 0 Å². The molecule has 168 valence electrons. The second-order valence-corrected chi connectivity index (χ2v) is 8.85. The molecule has 0 saturated carbocycles. The molecule has 8 heteroatoms. The highest BCUT2D eigenvalue weighted by molar-refractivity contribution is 6.13. The number of piperazine rings is 1. The Kier molecular flexibility index (Phi) is 5.14. The minimum atomic E-state index is 0.215. The molecule has 6 rings (SSSR count). The SMILES string of the molecule is CC1C=C(c2cc3cnc(Nc4ccc(N5CCNCC5)cn4)nn3c2C2=CCCC2)C=N1. The van der Waals surface area contributed by atoms with Gasteiger partial charge in [0.15, 0.2) is 0 Å². The van der Waals surface area contributed by atoms with Crippen LogP contribution in [0.1, 0.15) is 37.4 Å². The van der Waals surface area contributed by atoms with Crippen molar-refractivity contribution in [2.75, 3.05) is 36.4 Å². The van der Waals surface area contributed by atoms with Gasteiger partial charge in [-0.1, -0.05) is 12.2 Å². The fraction of sp³-hybridized carbons (Fsp3) is 0.360. The number of aliphatic imine (C=N–C) groups is 1. The molecule has 0 bridgehead atoms. The molecule has 1 unspecified atom stereocenters. The summed E-state index contributed by atoms with van der Waals surface area (Å²) in [6, 6.07) is 6.49.